The van der Waals surface area contributed by atoms with Gasteiger partial charge < -0.3 is 5.32 Å². The van der Waals surface area contributed by atoms with E-state index in [-0.39, 0.29) is 17.9 Å². The lowest BCUT2D eigenvalue weighted by molar-refractivity contribution is -0.123. The zero-order valence-corrected chi connectivity index (χ0v) is 9.66. The molecule has 0 aromatic heterocycles. The maximum absolute atomic E-state index is 11.9. The maximum atomic E-state index is 11.9. The Bertz CT molecular complexity index is 306. The molecule has 1 amide bonds. The van der Waals surface area contributed by atoms with Crippen molar-refractivity contribution in [1.82, 2.24) is 5.32 Å². The summed E-state index contributed by atoms with van der Waals surface area (Å²) in [6.07, 6.45) is 0.836. The molecule has 1 rings (SSSR count). The number of nitrogens with one attached hydrogen (secondary N) is 1. The summed E-state index contributed by atoms with van der Waals surface area (Å²) in [5, 5.41) is 2.95. The van der Waals surface area contributed by atoms with Gasteiger partial charge in [0.15, 0.2) is 0 Å². The van der Waals surface area contributed by atoms with Gasteiger partial charge in [-0.1, -0.05) is 37.3 Å². The van der Waals surface area contributed by atoms with E-state index in [0.29, 0.717) is 0 Å². The first-order valence-corrected chi connectivity index (χ1v) is 5.50. The average molecular weight is 205 g/mol. The van der Waals surface area contributed by atoms with Gasteiger partial charge in [-0.25, -0.2) is 0 Å². The minimum Gasteiger partial charge on any atom is -0.353 e. The van der Waals surface area contributed by atoms with Crippen LogP contribution in [-0.4, -0.2) is 11.9 Å². The maximum Gasteiger partial charge on any atom is 0.227 e. The van der Waals surface area contributed by atoms with Crippen LogP contribution in [0.4, 0.5) is 0 Å². The summed E-state index contributed by atoms with van der Waals surface area (Å²) in [5.41, 5.74) is 1.10. The Morgan fingerprint density at radius 3 is 2.33 bits per heavy atom. The highest BCUT2D eigenvalue weighted by Gasteiger charge is 2.18. The van der Waals surface area contributed by atoms with Crippen LogP contribution in [0.15, 0.2) is 30.3 Å². The molecule has 0 bridgehead atoms. The van der Waals surface area contributed by atoms with Gasteiger partial charge in [0.1, 0.15) is 0 Å². The Kier molecular flexibility index (Phi) is 4.35. The Hall–Kier alpha value is -1.31. The summed E-state index contributed by atoms with van der Waals surface area (Å²) < 4.78 is 0. The van der Waals surface area contributed by atoms with Gasteiger partial charge >= 0.3 is 0 Å². The van der Waals surface area contributed by atoms with Gasteiger partial charge in [-0.05, 0) is 25.8 Å². The summed E-state index contributed by atoms with van der Waals surface area (Å²) in [7, 11) is 0. The molecule has 2 nitrogen and oxygen atoms in total. The van der Waals surface area contributed by atoms with E-state index in [1.54, 1.807) is 0 Å². The van der Waals surface area contributed by atoms with Crippen molar-refractivity contribution in [2.45, 2.75) is 39.2 Å². The largest absolute Gasteiger partial charge is 0.353 e. The Morgan fingerprint density at radius 2 is 1.87 bits per heavy atom. The van der Waals surface area contributed by atoms with E-state index >= 15 is 0 Å². The quantitative estimate of drug-likeness (QED) is 0.804. The van der Waals surface area contributed by atoms with Gasteiger partial charge in [-0.3, -0.25) is 4.79 Å². The normalized spacial score (nSPS) is 12.5. The smallest absolute Gasteiger partial charge is 0.227 e. The van der Waals surface area contributed by atoms with Crippen LogP contribution in [0.2, 0.25) is 0 Å². The van der Waals surface area contributed by atoms with Crippen LogP contribution < -0.4 is 5.32 Å². The van der Waals surface area contributed by atoms with Gasteiger partial charge in [0.2, 0.25) is 5.91 Å². The molecule has 0 spiro atoms. The van der Waals surface area contributed by atoms with Gasteiger partial charge in [-0.2, -0.15) is 0 Å². The van der Waals surface area contributed by atoms with E-state index in [4.69, 9.17) is 0 Å². The second-order valence-corrected chi connectivity index (χ2v) is 4.03. The molecule has 1 unspecified atom stereocenters. The van der Waals surface area contributed by atoms with Crippen LogP contribution in [-0.2, 0) is 4.79 Å². The highest BCUT2D eigenvalue weighted by molar-refractivity contribution is 5.83. The van der Waals surface area contributed by atoms with Crippen LogP contribution in [0.25, 0.3) is 0 Å². The number of carbonyl (C=O) groups is 1. The minimum atomic E-state index is -0.0198. The monoisotopic (exact) mass is 205 g/mol. The van der Waals surface area contributed by atoms with E-state index < -0.39 is 0 Å². The van der Waals surface area contributed by atoms with E-state index in [2.05, 4.69) is 5.32 Å². The topological polar surface area (TPSA) is 29.1 Å². The predicted molar refractivity (Wildman–Crippen MR) is 62.8 cm³/mol. The van der Waals surface area contributed by atoms with Gasteiger partial charge in [0, 0.05) is 6.04 Å². The van der Waals surface area contributed by atoms with Crippen molar-refractivity contribution in [3.05, 3.63) is 35.9 Å². The van der Waals surface area contributed by atoms with Crippen molar-refractivity contribution in [2.24, 2.45) is 0 Å². The molecule has 15 heavy (non-hydrogen) atoms. The number of hydrogen-bond acceptors (Lipinski definition) is 1. The molecule has 2 heteroatoms. The SMILES string of the molecule is CCC(C(=O)NC(C)C)c1ccccc1. The fraction of sp³-hybridized carbons (Fsp3) is 0.462. The van der Waals surface area contributed by atoms with E-state index in [1.165, 1.54) is 0 Å². The molecule has 82 valence electrons. The van der Waals surface area contributed by atoms with Crippen LogP contribution >= 0.6 is 0 Å². The van der Waals surface area contributed by atoms with Crippen LogP contribution in [0.1, 0.15) is 38.7 Å². The second kappa shape index (κ2) is 5.54. The predicted octanol–water partition coefficient (Wildman–Crippen LogP) is 2.70. The lowest BCUT2D eigenvalue weighted by Gasteiger charge is -2.17. The van der Waals surface area contributed by atoms with E-state index in [9.17, 15) is 4.79 Å². The summed E-state index contributed by atoms with van der Waals surface area (Å²) in [5.74, 6) is 0.104. The lowest BCUT2D eigenvalue weighted by Crippen LogP contribution is -2.34. The van der Waals surface area contributed by atoms with Crippen molar-refractivity contribution < 1.29 is 4.79 Å². The Balaban J connectivity index is 2.76. The third kappa shape index (κ3) is 3.39. The molecule has 0 saturated heterocycles. The lowest BCUT2D eigenvalue weighted by atomic mass is 9.95. The number of hydrogen-bond donors (Lipinski definition) is 1. The van der Waals surface area contributed by atoms with Crippen LogP contribution in [0.3, 0.4) is 0 Å². The first-order valence-electron chi connectivity index (χ1n) is 5.50. The molecule has 0 fully saturated rings. The Morgan fingerprint density at radius 1 is 1.27 bits per heavy atom. The number of rotatable bonds is 4. The molecule has 1 atom stereocenters. The molecule has 1 aromatic carbocycles. The van der Waals surface area contributed by atoms with E-state index in [1.807, 2.05) is 51.1 Å². The summed E-state index contributed by atoms with van der Waals surface area (Å²) in [6, 6.07) is 10.1. The third-order valence-corrected chi connectivity index (χ3v) is 2.36. The third-order valence-electron chi connectivity index (χ3n) is 2.36. The molecule has 0 saturated carbocycles. The molecule has 0 heterocycles. The van der Waals surface area contributed by atoms with E-state index in [0.717, 1.165) is 12.0 Å². The zero-order chi connectivity index (χ0) is 11.3. The van der Waals surface area contributed by atoms with Crippen LogP contribution in [0, 0.1) is 0 Å². The fourth-order valence-corrected chi connectivity index (χ4v) is 1.64. The average Bonchev–Trinajstić information content (AvgIpc) is 2.19. The summed E-state index contributed by atoms with van der Waals surface area (Å²) in [4.78, 5) is 11.9. The first kappa shape index (κ1) is 11.8. The summed E-state index contributed by atoms with van der Waals surface area (Å²) in [6.45, 7) is 6.00. The van der Waals surface area contributed by atoms with Crippen molar-refractivity contribution >= 4 is 5.91 Å². The van der Waals surface area contributed by atoms with Gasteiger partial charge in [0.05, 0.1) is 5.92 Å². The van der Waals surface area contributed by atoms with Gasteiger partial charge in [0.25, 0.3) is 0 Å². The van der Waals surface area contributed by atoms with Crippen molar-refractivity contribution in [3.8, 4) is 0 Å². The molecular weight excluding hydrogens is 186 g/mol. The minimum absolute atomic E-state index is 0.0198. The molecular formula is C13H19NO. The number of carbonyl (C=O) groups excluding carboxylic acids is 1. The zero-order valence-electron chi connectivity index (χ0n) is 9.66. The molecule has 1 aromatic rings. The van der Waals surface area contributed by atoms with Crippen LogP contribution in [0.5, 0.6) is 0 Å². The molecule has 0 radical (unpaired) electrons. The second-order valence-electron chi connectivity index (χ2n) is 4.03. The van der Waals surface area contributed by atoms with Crippen molar-refractivity contribution in [3.63, 3.8) is 0 Å². The van der Waals surface area contributed by atoms with Gasteiger partial charge in [-0.15, -0.1) is 0 Å². The highest BCUT2D eigenvalue weighted by Crippen LogP contribution is 2.19. The molecule has 0 aliphatic rings. The first-order chi connectivity index (χ1) is 7.15. The Labute approximate surface area is 91.7 Å². The fourth-order valence-electron chi connectivity index (χ4n) is 1.64. The molecule has 0 aliphatic carbocycles. The van der Waals surface area contributed by atoms with Crippen molar-refractivity contribution in [2.75, 3.05) is 0 Å². The number of amides is 1. The molecule has 1 N–H and O–H groups in total. The summed E-state index contributed by atoms with van der Waals surface area (Å²) >= 11 is 0. The van der Waals surface area contributed by atoms with Crippen molar-refractivity contribution in [1.29, 1.82) is 0 Å². The highest BCUT2D eigenvalue weighted by atomic mass is 16.1. The molecule has 0 aliphatic heterocycles. The standard InChI is InChI=1S/C13H19NO/c1-4-12(13(15)14-10(2)3)11-8-6-5-7-9-11/h5-10,12H,4H2,1-3H3,(H,14,15). The number of benzene rings is 1.